The van der Waals surface area contributed by atoms with E-state index < -0.39 is 22.8 Å². The van der Waals surface area contributed by atoms with Gasteiger partial charge in [0.15, 0.2) is 11.6 Å². The molecule has 9 nitrogen and oxygen atoms in total. The molecule has 0 radical (unpaired) electrons. The van der Waals surface area contributed by atoms with Crippen LogP contribution in [0.15, 0.2) is 17.1 Å². The van der Waals surface area contributed by atoms with Gasteiger partial charge in [-0.25, -0.2) is 19.2 Å². The molecule has 1 amide bonds. The Balaban J connectivity index is 1.55. The first-order valence-corrected chi connectivity index (χ1v) is 11.2. The molecule has 0 aromatic carbocycles. The zero-order chi connectivity index (χ0) is 23.9. The number of aromatic carboxylic acids is 1. The summed E-state index contributed by atoms with van der Waals surface area (Å²) in [5.41, 5.74) is -1.25. The number of amides is 1. The summed E-state index contributed by atoms with van der Waals surface area (Å²) in [7, 11) is 0. The van der Waals surface area contributed by atoms with Gasteiger partial charge in [-0.15, -0.1) is 0 Å². The van der Waals surface area contributed by atoms with Gasteiger partial charge < -0.3 is 14.6 Å². The molecule has 1 saturated heterocycles. The lowest BCUT2D eigenvalue weighted by molar-refractivity contribution is -0.216. The number of anilines is 1. The van der Waals surface area contributed by atoms with Crippen molar-refractivity contribution >= 4 is 29.2 Å². The highest BCUT2D eigenvalue weighted by Crippen LogP contribution is 2.37. The predicted molar refractivity (Wildman–Crippen MR) is 120 cm³/mol. The number of aromatic nitrogens is 2. The first-order chi connectivity index (χ1) is 15.6. The fourth-order valence-electron chi connectivity index (χ4n) is 4.28. The first-order valence-electron chi connectivity index (χ1n) is 11.2. The minimum Gasteiger partial charge on any atom is -0.477 e. The molecule has 1 saturated carbocycles. The summed E-state index contributed by atoms with van der Waals surface area (Å²) in [6.45, 7) is 7.22. The van der Waals surface area contributed by atoms with E-state index in [0.29, 0.717) is 38.1 Å². The molecule has 33 heavy (non-hydrogen) atoms. The Morgan fingerprint density at radius 2 is 2.09 bits per heavy atom. The number of hydrogen-bond acceptors (Lipinski definition) is 6. The molecule has 10 heteroatoms. The molecule has 1 aliphatic carbocycles. The fourth-order valence-corrected chi connectivity index (χ4v) is 4.28. The van der Waals surface area contributed by atoms with Gasteiger partial charge >= 0.3 is 5.97 Å². The molecule has 2 aromatic rings. The van der Waals surface area contributed by atoms with Gasteiger partial charge in [-0.1, -0.05) is 0 Å². The molecular formula is C23H29FN4O5. The van der Waals surface area contributed by atoms with Gasteiger partial charge in [-0.2, -0.15) is 0 Å². The summed E-state index contributed by atoms with van der Waals surface area (Å²) in [5.74, 6) is -1.58. The van der Waals surface area contributed by atoms with Gasteiger partial charge in [0.25, 0.3) is 0 Å². The van der Waals surface area contributed by atoms with Gasteiger partial charge in [0.2, 0.25) is 11.8 Å². The molecule has 1 N–H and O–H groups in total. The Morgan fingerprint density at radius 3 is 2.70 bits per heavy atom. The molecule has 0 spiro atoms. The van der Waals surface area contributed by atoms with Crippen molar-refractivity contribution in [2.45, 2.75) is 58.1 Å². The van der Waals surface area contributed by atoms with E-state index in [4.69, 9.17) is 4.84 Å². The van der Waals surface area contributed by atoms with Crippen LogP contribution in [0.3, 0.4) is 0 Å². The summed E-state index contributed by atoms with van der Waals surface area (Å²) in [5, 5.41) is 10.7. The first kappa shape index (κ1) is 23.2. The fraction of sp³-hybridized carbons (Fsp3) is 0.565. The van der Waals surface area contributed by atoms with Crippen molar-refractivity contribution in [3.05, 3.63) is 33.9 Å². The number of hydroxylamine groups is 2. The second-order valence-corrected chi connectivity index (χ2v) is 9.82. The van der Waals surface area contributed by atoms with Crippen molar-refractivity contribution in [2.24, 2.45) is 5.92 Å². The average Bonchev–Trinajstić information content (AvgIpc) is 3.47. The lowest BCUT2D eigenvalue weighted by Crippen LogP contribution is -2.34. The topological polar surface area (TPSA) is 105 Å². The summed E-state index contributed by atoms with van der Waals surface area (Å²) in [4.78, 5) is 47.4. The maximum atomic E-state index is 15.0. The van der Waals surface area contributed by atoms with Crippen LogP contribution in [0.2, 0.25) is 0 Å². The van der Waals surface area contributed by atoms with E-state index in [-0.39, 0.29) is 28.7 Å². The second kappa shape index (κ2) is 8.74. The van der Waals surface area contributed by atoms with Crippen molar-refractivity contribution in [3.8, 4) is 0 Å². The van der Waals surface area contributed by atoms with Gasteiger partial charge in [-0.3, -0.25) is 14.4 Å². The molecule has 1 unspecified atom stereocenters. The maximum absolute atomic E-state index is 15.0. The van der Waals surface area contributed by atoms with Crippen molar-refractivity contribution in [1.82, 2.24) is 14.6 Å². The Bertz CT molecular complexity index is 1140. The van der Waals surface area contributed by atoms with E-state index in [1.54, 1.807) is 4.57 Å². The Morgan fingerprint density at radius 1 is 1.36 bits per heavy atom. The van der Waals surface area contributed by atoms with E-state index in [1.165, 1.54) is 11.3 Å². The lowest BCUT2D eigenvalue weighted by Gasteiger charge is -2.27. The Labute approximate surface area is 190 Å². The van der Waals surface area contributed by atoms with E-state index in [9.17, 15) is 19.5 Å². The third kappa shape index (κ3) is 5.00. The lowest BCUT2D eigenvalue weighted by atomic mass is 10.1. The number of carbonyl (C=O) groups excluding carboxylic acids is 1. The van der Waals surface area contributed by atoms with Crippen LogP contribution in [0, 0.1) is 11.7 Å². The smallest absolute Gasteiger partial charge is 0.341 e. The third-order valence-electron chi connectivity index (χ3n) is 5.96. The number of fused-ring (bicyclic) bond motifs is 1. The van der Waals surface area contributed by atoms with Gasteiger partial charge in [0.05, 0.1) is 11.0 Å². The van der Waals surface area contributed by atoms with Gasteiger partial charge in [-0.05, 0) is 58.4 Å². The summed E-state index contributed by atoms with van der Waals surface area (Å²) < 4.78 is 16.7. The highest BCUT2D eigenvalue weighted by Gasteiger charge is 2.31. The number of rotatable bonds is 8. The normalized spacial score (nSPS) is 18.7. The molecule has 1 aliphatic heterocycles. The monoisotopic (exact) mass is 460 g/mol. The largest absolute Gasteiger partial charge is 0.477 e. The molecule has 178 valence electrons. The zero-order valence-electron chi connectivity index (χ0n) is 19.1. The van der Waals surface area contributed by atoms with Crippen LogP contribution in [0.4, 0.5) is 10.2 Å². The number of carbonyl (C=O) groups is 2. The number of nitrogens with zero attached hydrogens (tertiary/aromatic N) is 4. The summed E-state index contributed by atoms with van der Waals surface area (Å²) in [6.07, 6.45) is 5.24. The number of halogens is 1. The third-order valence-corrected chi connectivity index (χ3v) is 5.96. The zero-order valence-corrected chi connectivity index (χ0v) is 19.1. The van der Waals surface area contributed by atoms with E-state index >= 15 is 4.39 Å². The van der Waals surface area contributed by atoms with Crippen LogP contribution in [-0.4, -0.2) is 57.3 Å². The summed E-state index contributed by atoms with van der Waals surface area (Å²) in [6, 6.07) is 1.18. The molecular weight excluding hydrogens is 431 g/mol. The number of hydrogen-bond donors (Lipinski definition) is 1. The van der Waals surface area contributed by atoms with Crippen molar-refractivity contribution in [2.75, 3.05) is 24.5 Å². The molecule has 2 aliphatic rings. The van der Waals surface area contributed by atoms with Crippen molar-refractivity contribution < 1.29 is 23.9 Å². The van der Waals surface area contributed by atoms with Crippen molar-refractivity contribution in [1.29, 1.82) is 0 Å². The second-order valence-electron chi connectivity index (χ2n) is 9.82. The molecule has 3 heterocycles. The average molecular weight is 461 g/mol. The Hall–Kier alpha value is -3.01. The van der Waals surface area contributed by atoms with E-state index in [2.05, 4.69) is 4.98 Å². The quantitative estimate of drug-likeness (QED) is 0.477. The summed E-state index contributed by atoms with van der Waals surface area (Å²) >= 11 is 0. The molecule has 0 bridgehead atoms. The van der Waals surface area contributed by atoms with Crippen LogP contribution in [0.25, 0.3) is 11.0 Å². The highest BCUT2D eigenvalue weighted by atomic mass is 19.1. The van der Waals surface area contributed by atoms with E-state index in [1.807, 2.05) is 25.7 Å². The van der Waals surface area contributed by atoms with Crippen molar-refractivity contribution in [3.63, 3.8) is 0 Å². The minimum absolute atomic E-state index is 0.0141. The number of carboxylic acid groups (broad SMARTS) is 1. The van der Waals surface area contributed by atoms with Crippen LogP contribution in [0.1, 0.15) is 62.9 Å². The number of pyridine rings is 2. The molecule has 1 atom stereocenters. The number of carboxylic acids is 1. The van der Waals surface area contributed by atoms with Crippen LogP contribution >= 0.6 is 0 Å². The minimum atomic E-state index is -1.33. The van der Waals surface area contributed by atoms with Crippen LogP contribution < -0.4 is 10.3 Å². The standard InChI is InChI=1S/C23H29FN4O5/c1-23(2,3)33-27(13-29)9-7-14-6-8-26(11-14)21-18(24)10-16-19(30)17(22(31)32)12-28(15-4-5-15)20(16)25-21/h10,12-15H,4-9,11H2,1-3H3,(H,31,32). The molecule has 4 rings (SSSR count). The van der Waals surface area contributed by atoms with Crippen LogP contribution in [0.5, 0.6) is 0 Å². The predicted octanol–water partition coefficient (Wildman–Crippen LogP) is 2.97. The van der Waals surface area contributed by atoms with E-state index in [0.717, 1.165) is 25.3 Å². The van der Waals surface area contributed by atoms with Crippen LogP contribution in [-0.2, 0) is 9.63 Å². The highest BCUT2D eigenvalue weighted by molar-refractivity contribution is 5.92. The van der Waals surface area contributed by atoms with Gasteiger partial charge in [0, 0.05) is 31.9 Å². The maximum Gasteiger partial charge on any atom is 0.341 e. The Kier molecular flexibility index (Phi) is 6.13. The molecule has 2 fully saturated rings. The molecule has 2 aromatic heterocycles. The SMILES string of the molecule is CC(C)(C)ON(C=O)CCC1CCN(c2nc3c(cc2F)c(=O)c(C(=O)O)cn3C2CC2)C1. The van der Waals surface area contributed by atoms with Gasteiger partial charge in [0.1, 0.15) is 11.2 Å².